The number of halogens is 1. The lowest BCUT2D eigenvalue weighted by Gasteiger charge is -2.06. The third kappa shape index (κ3) is 2.07. The molecule has 0 saturated heterocycles. The molecule has 0 aliphatic heterocycles. The Bertz CT molecular complexity index is 479. The number of aryl methyl sites for hydroxylation is 1. The topological polar surface area (TPSA) is 69.6 Å². The second-order valence-corrected chi connectivity index (χ2v) is 3.66. The van der Waals surface area contributed by atoms with E-state index in [2.05, 4.69) is 15.5 Å². The fourth-order valence-corrected chi connectivity index (χ4v) is 1.45. The Balaban J connectivity index is 2.29. The average molecular weight is 224 g/mol. The highest BCUT2D eigenvalue weighted by Gasteiger charge is 2.04. The van der Waals surface area contributed by atoms with Crippen LogP contribution in [0.2, 0.25) is 5.02 Å². The molecule has 2 rings (SSSR count). The Kier molecular flexibility index (Phi) is 2.55. The van der Waals surface area contributed by atoms with Crippen LogP contribution in [-0.4, -0.2) is 20.2 Å². The van der Waals surface area contributed by atoms with Crippen LogP contribution in [0.3, 0.4) is 0 Å². The van der Waals surface area contributed by atoms with E-state index in [0.717, 1.165) is 11.4 Å². The Labute approximate surface area is 91.8 Å². The SMILES string of the molecule is Cc1nnnn1Cc1ccc(Cl)cc1N. The first kappa shape index (κ1) is 9.92. The molecule has 0 fully saturated rings. The highest BCUT2D eigenvalue weighted by atomic mass is 35.5. The second-order valence-electron chi connectivity index (χ2n) is 3.23. The van der Waals surface area contributed by atoms with Gasteiger partial charge in [0, 0.05) is 10.7 Å². The Morgan fingerprint density at radius 3 is 2.87 bits per heavy atom. The molecule has 0 bridgehead atoms. The molecule has 78 valence electrons. The minimum Gasteiger partial charge on any atom is -0.398 e. The largest absolute Gasteiger partial charge is 0.398 e. The van der Waals surface area contributed by atoms with E-state index >= 15 is 0 Å². The summed E-state index contributed by atoms with van der Waals surface area (Å²) in [5.41, 5.74) is 7.43. The van der Waals surface area contributed by atoms with Crippen molar-refractivity contribution >= 4 is 17.3 Å². The van der Waals surface area contributed by atoms with Gasteiger partial charge in [-0.15, -0.1) is 5.10 Å². The van der Waals surface area contributed by atoms with Gasteiger partial charge in [0.1, 0.15) is 5.82 Å². The fourth-order valence-electron chi connectivity index (χ4n) is 1.27. The number of benzene rings is 1. The Morgan fingerprint density at radius 1 is 1.47 bits per heavy atom. The molecule has 0 aliphatic carbocycles. The number of nitrogens with zero attached hydrogens (tertiary/aromatic N) is 4. The third-order valence-electron chi connectivity index (χ3n) is 2.14. The van der Waals surface area contributed by atoms with Gasteiger partial charge in [-0.3, -0.25) is 0 Å². The number of anilines is 1. The number of rotatable bonds is 2. The monoisotopic (exact) mass is 223 g/mol. The van der Waals surface area contributed by atoms with E-state index in [1.165, 1.54) is 0 Å². The van der Waals surface area contributed by atoms with Crippen molar-refractivity contribution < 1.29 is 0 Å². The van der Waals surface area contributed by atoms with Crippen LogP contribution in [0.5, 0.6) is 0 Å². The molecule has 15 heavy (non-hydrogen) atoms. The summed E-state index contributed by atoms with van der Waals surface area (Å²) in [5.74, 6) is 0.754. The van der Waals surface area contributed by atoms with Gasteiger partial charge in [-0.25, -0.2) is 4.68 Å². The lowest BCUT2D eigenvalue weighted by molar-refractivity contribution is 0.634. The van der Waals surface area contributed by atoms with Crippen molar-refractivity contribution in [3.8, 4) is 0 Å². The predicted molar refractivity (Wildman–Crippen MR) is 57.5 cm³/mol. The van der Waals surface area contributed by atoms with Crippen molar-refractivity contribution in [3.63, 3.8) is 0 Å². The molecule has 0 aliphatic rings. The van der Waals surface area contributed by atoms with Gasteiger partial charge in [0.25, 0.3) is 0 Å². The smallest absolute Gasteiger partial charge is 0.148 e. The van der Waals surface area contributed by atoms with E-state index in [9.17, 15) is 0 Å². The van der Waals surface area contributed by atoms with Gasteiger partial charge < -0.3 is 5.73 Å². The first-order valence-electron chi connectivity index (χ1n) is 4.43. The first-order valence-corrected chi connectivity index (χ1v) is 4.81. The van der Waals surface area contributed by atoms with E-state index in [1.807, 2.05) is 13.0 Å². The van der Waals surface area contributed by atoms with Crippen LogP contribution in [0.25, 0.3) is 0 Å². The average Bonchev–Trinajstić information content (AvgIpc) is 2.57. The van der Waals surface area contributed by atoms with Crippen molar-refractivity contribution in [2.45, 2.75) is 13.5 Å². The molecule has 0 spiro atoms. The van der Waals surface area contributed by atoms with E-state index < -0.39 is 0 Å². The van der Waals surface area contributed by atoms with Crippen molar-refractivity contribution in [2.75, 3.05) is 5.73 Å². The molecule has 1 aromatic carbocycles. The third-order valence-corrected chi connectivity index (χ3v) is 2.37. The number of aromatic nitrogens is 4. The molecular formula is C9H10ClN5. The summed E-state index contributed by atoms with van der Waals surface area (Å²) in [6.45, 7) is 2.40. The van der Waals surface area contributed by atoms with Crippen LogP contribution in [0.15, 0.2) is 18.2 Å². The summed E-state index contributed by atoms with van der Waals surface area (Å²) in [7, 11) is 0. The first-order chi connectivity index (χ1) is 7.16. The minimum absolute atomic E-state index is 0.557. The summed E-state index contributed by atoms with van der Waals surface area (Å²) in [5, 5.41) is 11.8. The highest BCUT2D eigenvalue weighted by molar-refractivity contribution is 6.30. The van der Waals surface area contributed by atoms with Crippen LogP contribution in [-0.2, 0) is 6.54 Å². The summed E-state index contributed by atoms with van der Waals surface area (Å²) in [4.78, 5) is 0. The van der Waals surface area contributed by atoms with Crippen LogP contribution in [0.4, 0.5) is 5.69 Å². The zero-order valence-electron chi connectivity index (χ0n) is 8.18. The quantitative estimate of drug-likeness (QED) is 0.779. The van der Waals surface area contributed by atoms with Gasteiger partial charge in [0.2, 0.25) is 0 Å². The number of tetrazole rings is 1. The molecule has 2 N–H and O–H groups in total. The molecule has 5 nitrogen and oxygen atoms in total. The summed E-state index contributed by atoms with van der Waals surface area (Å²) >= 11 is 5.80. The van der Waals surface area contributed by atoms with Crippen molar-refractivity contribution in [1.29, 1.82) is 0 Å². The molecule has 0 amide bonds. The Morgan fingerprint density at radius 2 is 2.27 bits per heavy atom. The summed E-state index contributed by atoms with van der Waals surface area (Å²) < 4.78 is 1.68. The molecule has 1 aromatic heterocycles. The zero-order valence-corrected chi connectivity index (χ0v) is 8.94. The van der Waals surface area contributed by atoms with Crippen LogP contribution < -0.4 is 5.73 Å². The lowest BCUT2D eigenvalue weighted by Crippen LogP contribution is -2.06. The minimum atomic E-state index is 0.557. The maximum absolute atomic E-state index is 5.82. The molecule has 0 saturated carbocycles. The maximum atomic E-state index is 5.82. The van der Waals surface area contributed by atoms with Gasteiger partial charge in [0.15, 0.2) is 0 Å². The second kappa shape index (κ2) is 3.86. The number of hydrogen-bond donors (Lipinski definition) is 1. The highest BCUT2D eigenvalue weighted by Crippen LogP contribution is 2.18. The van der Waals surface area contributed by atoms with E-state index in [0.29, 0.717) is 17.3 Å². The molecule has 2 aromatic rings. The number of nitrogens with two attached hydrogens (primary N) is 1. The summed E-state index contributed by atoms with van der Waals surface area (Å²) in [6, 6.07) is 5.39. The molecule has 0 atom stereocenters. The lowest BCUT2D eigenvalue weighted by atomic mass is 10.2. The van der Waals surface area contributed by atoms with Crippen molar-refractivity contribution in [1.82, 2.24) is 20.2 Å². The van der Waals surface area contributed by atoms with Gasteiger partial charge in [-0.1, -0.05) is 17.7 Å². The fraction of sp³-hybridized carbons (Fsp3) is 0.222. The van der Waals surface area contributed by atoms with Gasteiger partial charge in [-0.05, 0) is 35.0 Å². The molecular weight excluding hydrogens is 214 g/mol. The zero-order chi connectivity index (χ0) is 10.8. The van der Waals surface area contributed by atoms with E-state index in [4.69, 9.17) is 17.3 Å². The molecule has 0 radical (unpaired) electrons. The Hall–Kier alpha value is -1.62. The van der Waals surface area contributed by atoms with Gasteiger partial charge in [-0.2, -0.15) is 0 Å². The van der Waals surface area contributed by atoms with E-state index in [1.54, 1.807) is 16.8 Å². The predicted octanol–water partition coefficient (Wildman–Crippen LogP) is 1.27. The van der Waals surface area contributed by atoms with Gasteiger partial charge >= 0.3 is 0 Å². The van der Waals surface area contributed by atoms with Crippen LogP contribution in [0, 0.1) is 6.92 Å². The number of nitrogen functional groups attached to an aromatic ring is 1. The standard InChI is InChI=1S/C9H10ClN5/c1-6-12-13-14-15(6)5-7-2-3-8(10)4-9(7)11/h2-4H,5,11H2,1H3. The van der Waals surface area contributed by atoms with Crippen LogP contribution in [0.1, 0.15) is 11.4 Å². The van der Waals surface area contributed by atoms with Crippen molar-refractivity contribution in [2.24, 2.45) is 0 Å². The van der Waals surface area contributed by atoms with Gasteiger partial charge in [0.05, 0.1) is 6.54 Å². The molecule has 0 unspecified atom stereocenters. The molecule has 6 heteroatoms. The van der Waals surface area contributed by atoms with E-state index in [-0.39, 0.29) is 0 Å². The normalized spacial score (nSPS) is 10.5. The summed E-state index contributed by atoms with van der Waals surface area (Å²) in [6.07, 6.45) is 0. The van der Waals surface area contributed by atoms with Crippen molar-refractivity contribution in [3.05, 3.63) is 34.6 Å². The molecule has 1 heterocycles. The van der Waals surface area contributed by atoms with Crippen LogP contribution >= 0.6 is 11.6 Å². The number of hydrogen-bond acceptors (Lipinski definition) is 4. The maximum Gasteiger partial charge on any atom is 0.148 e.